The molecule has 1 amide bonds. The van der Waals surface area contributed by atoms with Crippen LogP contribution in [0, 0.1) is 0 Å². The number of thiazole rings is 1. The Balaban J connectivity index is 1.60. The van der Waals surface area contributed by atoms with E-state index in [2.05, 4.69) is 4.98 Å². The van der Waals surface area contributed by atoms with Crippen LogP contribution in [0.4, 0.5) is 5.13 Å². The van der Waals surface area contributed by atoms with E-state index in [9.17, 15) is 4.79 Å². The van der Waals surface area contributed by atoms with Gasteiger partial charge in [-0.05, 0) is 25.3 Å². The summed E-state index contributed by atoms with van der Waals surface area (Å²) in [4.78, 5) is 23.3. The number of nitrogens with zero attached hydrogens (tertiary/aromatic N) is 3. The second-order valence-corrected chi connectivity index (χ2v) is 8.12. The molecule has 0 spiro atoms. The van der Waals surface area contributed by atoms with E-state index in [1.807, 2.05) is 30.0 Å². The molecule has 2 aliphatic rings. The minimum absolute atomic E-state index is 0.154. The van der Waals surface area contributed by atoms with Gasteiger partial charge in [0, 0.05) is 20.6 Å². The van der Waals surface area contributed by atoms with Gasteiger partial charge in [-0.1, -0.05) is 11.3 Å². The molecule has 2 atom stereocenters. The molecule has 0 unspecified atom stereocenters. The van der Waals surface area contributed by atoms with Crippen LogP contribution >= 0.6 is 22.7 Å². The van der Waals surface area contributed by atoms with Crippen LogP contribution in [0.3, 0.4) is 0 Å². The van der Waals surface area contributed by atoms with Gasteiger partial charge < -0.3 is 14.5 Å². The van der Waals surface area contributed by atoms with Gasteiger partial charge in [-0.3, -0.25) is 4.79 Å². The fourth-order valence-corrected chi connectivity index (χ4v) is 5.43. The molecular weight excluding hydrogens is 318 g/mol. The number of anilines is 1. The van der Waals surface area contributed by atoms with Crippen LogP contribution < -0.4 is 4.90 Å². The standard InChI is InChI=1S/C15H19N3O2S2/c1-17(2)15-16-13-11(22-15)8-12(21-13)14(19)18-6-7-20-10-5-3-4-9(10)18/h8-10H,3-7H2,1-2H3/t9-,10+/m0/s1. The number of rotatable bonds is 2. The van der Waals surface area contributed by atoms with Gasteiger partial charge in [0.05, 0.1) is 28.3 Å². The highest BCUT2D eigenvalue weighted by atomic mass is 32.1. The van der Waals surface area contributed by atoms with Crippen LogP contribution in [-0.2, 0) is 4.74 Å². The fourth-order valence-electron chi connectivity index (χ4n) is 3.34. The van der Waals surface area contributed by atoms with Crippen molar-refractivity contribution in [3.63, 3.8) is 0 Å². The molecule has 2 aromatic rings. The molecular formula is C15H19N3O2S2. The Morgan fingerprint density at radius 3 is 3.05 bits per heavy atom. The molecule has 3 heterocycles. The van der Waals surface area contributed by atoms with E-state index in [0.29, 0.717) is 13.2 Å². The number of carbonyl (C=O) groups is 1. The number of thiophene rings is 1. The third kappa shape index (κ3) is 2.31. The van der Waals surface area contributed by atoms with Gasteiger partial charge in [-0.2, -0.15) is 0 Å². The molecule has 0 aromatic carbocycles. The Labute approximate surface area is 137 Å². The minimum Gasteiger partial charge on any atom is -0.374 e. The lowest BCUT2D eigenvalue weighted by Crippen LogP contribution is -2.51. The Hall–Kier alpha value is -1.18. The highest BCUT2D eigenvalue weighted by molar-refractivity contribution is 7.29. The van der Waals surface area contributed by atoms with Gasteiger partial charge in [0.15, 0.2) is 5.13 Å². The summed E-state index contributed by atoms with van der Waals surface area (Å²) in [6.07, 6.45) is 3.56. The molecule has 7 heteroatoms. The van der Waals surface area contributed by atoms with Gasteiger partial charge >= 0.3 is 0 Å². The van der Waals surface area contributed by atoms with Crippen molar-refractivity contribution in [1.29, 1.82) is 0 Å². The first-order chi connectivity index (χ1) is 10.6. The van der Waals surface area contributed by atoms with E-state index in [-0.39, 0.29) is 18.1 Å². The quantitative estimate of drug-likeness (QED) is 0.845. The lowest BCUT2D eigenvalue weighted by Gasteiger charge is -2.37. The molecule has 0 N–H and O–H groups in total. The van der Waals surface area contributed by atoms with E-state index >= 15 is 0 Å². The first-order valence-corrected chi connectivity index (χ1v) is 9.27. The number of aromatic nitrogens is 1. The van der Waals surface area contributed by atoms with Crippen molar-refractivity contribution in [1.82, 2.24) is 9.88 Å². The molecule has 1 aliphatic carbocycles. The van der Waals surface area contributed by atoms with E-state index in [4.69, 9.17) is 4.74 Å². The zero-order valence-corrected chi connectivity index (χ0v) is 14.4. The zero-order chi connectivity index (χ0) is 15.3. The van der Waals surface area contributed by atoms with Crippen molar-refractivity contribution >= 4 is 43.2 Å². The third-order valence-electron chi connectivity index (χ3n) is 4.41. The lowest BCUT2D eigenvalue weighted by molar-refractivity contribution is -0.0443. The van der Waals surface area contributed by atoms with Gasteiger partial charge in [0.2, 0.25) is 0 Å². The molecule has 118 valence electrons. The van der Waals surface area contributed by atoms with E-state index < -0.39 is 0 Å². The van der Waals surface area contributed by atoms with E-state index in [1.165, 1.54) is 11.3 Å². The molecule has 0 radical (unpaired) electrons. The molecule has 0 bridgehead atoms. The second kappa shape index (κ2) is 5.47. The van der Waals surface area contributed by atoms with E-state index in [1.54, 1.807) is 11.3 Å². The molecule has 1 saturated heterocycles. The van der Waals surface area contributed by atoms with Gasteiger partial charge in [0.1, 0.15) is 4.83 Å². The Kier molecular flexibility index (Phi) is 3.58. The first-order valence-electron chi connectivity index (χ1n) is 7.64. The zero-order valence-electron chi connectivity index (χ0n) is 12.7. The van der Waals surface area contributed by atoms with Gasteiger partial charge in [0.25, 0.3) is 5.91 Å². The van der Waals surface area contributed by atoms with Crippen LogP contribution in [0.1, 0.15) is 28.9 Å². The van der Waals surface area contributed by atoms with Crippen molar-refractivity contribution in [2.24, 2.45) is 0 Å². The SMILES string of the molecule is CN(C)c1nc2sc(C(=O)N3CCO[C@@H]4CCC[C@@H]43)cc2s1. The number of hydrogen-bond acceptors (Lipinski definition) is 6. The second-order valence-electron chi connectivity index (χ2n) is 6.08. The summed E-state index contributed by atoms with van der Waals surface area (Å²) >= 11 is 3.15. The maximum absolute atomic E-state index is 12.9. The smallest absolute Gasteiger partial charge is 0.264 e. The molecule has 4 rings (SSSR count). The predicted molar refractivity (Wildman–Crippen MR) is 90.2 cm³/mol. The monoisotopic (exact) mass is 337 g/mol. The predicted octanol–water partition coefficient (Wildman–Crippen LogP) is 2.82. The minimum atomic E-state index is 0.154. The van der Waals surface area contributed by atoms with Crippen LogP contribution in [0.5, 0.6) is 0 Å². The van der Waals surface area contributed by atoms with Crippen molar-refractivity contribution in [2.45, 2.75) is 31.4 Å². The summed E-state index contributed by atoms with van der Waals surface area (Å²) in [5.41, 5.74) is 0. The molecule has 2 aromatic heterocycles. The maximum Gasteiger partial charge on any atom is 0.264 e. The van der Waals surface area contributed by atoms with Crippen molar-refractivity contribution in [2.75, 3.05) is 32.1 Å². The van der Waals surface area contributed by atoms with Crippen molar-refractivity contribution in [3.05, 3.63) is 10.9 Å². The van der Waals surface area contributed by atoms with Crippen LogP contribution in [0.25, 0.3) is 9.53 Å². The average Bonchev–Trinajstić information content (AvgIpc) is 3.18. The van der Waals surface area contributed by atoms with Crippen molar-refractivity contribution < 1.29 is 9.53 Å². The number of morpholine rings is 1. The number of ether oxygens (including phenoxy) is 1. The third-order valence-corrected chi connectivity index (χ3v) is 6.73. The van der Waals surface area contributed by atoms with E-state index in [0.717, 1.165) is 38.8 Å². The lowest BCUT2D eigenvalue weighted by atomic mass is 10.1. The van der Waals surface area contributed by atoms with Crippen LogP contribution in [0.15, 0.2) is 6.07 Å². The van der Waals surface area contributed by atoms with Gasteiger partial charge in [-0.25, -0.2) is 4.98 Å². The van der Waals surface area contributed by atoms with Gasteiger partial charge in [-0.15, -0.1) is 11.3 Å². The highest BCUT2D eigenvalue weighted by Crippen LogP contribution is 2.36. The fraction of sp³-hybridized carbons (Fsp3) is 0.600. The van der Waals surface area contributed by atoms with Crippen LogP contribution in [0.2, 0.25) is 0 Å². The number of fused-ring (bicyclic) bond motifs is 2. The summed E-state index contributed by atoms with van der Waals surface area (Å²) in [5, 5.41) is 0.988. The summed E-state index contributed by atoms with van der Waals surface area (Å²) < 4.78 is 6.90. The Morgan fingerprint density at radius 1 is 1.41 bits per heavy atom. The molecule has 1 saturated carbocycles. The number of hydrogen-bond donors (Lipinski definition) is 0. The summed E-state index contributed by atoms with van der Waals surface area (Å²) in [5.74, 6) is 0.154. The number of amides is 1. The Bertz CT molecular complexity index is 677. The first kappa shape index (κ1) is 14.4. The summed E-state index contributed by atoms with van der Waals surface area (Å²) in [6, 6.07) is 2.28. The summed E-state index contributed by atoms with van der Waals surface area (Å²) in [7, 11) is 3.98. The molecule has 1 aliphatic heterocycles. The number of carbonyl (C=O) groups excluding carboxylic acids is 1. The van der Waals surface area contributed by atoms with Crippen LogP contribution in [-0.4, -0.2) is 55.2 Å². The molecule has 22 heavy (non-hydrogen) atoms. The molecule has 5 nitrogen and oxygen atoms in total. The largest absolute Gasteiger partial charge is 0.374 e. The highest BCUT2D eigenvalue weighted by Gasteiger charge is 2.39. The topological polar surface area (TPSA) is 45.7 Å². The molecule has 2 fully saturated rings. The average molecular weight is 337 g/mol. The normalized spacial score (nSPS) is 24.7. The summed E-state index contributed by atoms with van der Waals surface area (Å²) in [6.45, 7) is 1.37. The van der Waals surface area contributed by atoms with Crippen molar-refractivity contribution in [3.8, 4) is 0 Å². The Morgan fingerprint density at radius 2 is 2.27 bits per heavy atom. The maximum atomic E-state index is 12.9.